The fourth-order valence-corrected chi connectivity index (χ4v) is 6.11. The van der Waals surface area contributed by atoms with Gasteiger partial charge < -0.3 is 14.2 Å². The number of anilines is 1. The Morgan fingerprint density at radius 1 is 1.32 bits per heavy atom. The van der Waals surface area contributed by atoms with Crippen molar-refractivity contribution in [2.24, 2.45) is 0 Å². The summed E-state index contributed by atoms with van der Waals surface area (Å²) >= 11 is 1.55. The molecule has 0 saturated carbocycles. The van der Waals surface area contributed by atoms with Crippen molar-refractivity contribution in [2.75, 3.05) is 30.9 Å². The Balaban J connectivity index is 1.47. The van der Waals surface area contributed by atoms with Crippen LogP contribution in [0.5, 0.6) is 5.75 Å². The van der Waals surface area contributed by atoms with E-state index in [0.717, 1.165) is 21.6 Å². The van der Waals surface area contributed by atoms with E-state index in [1.807, 2.05) is 29.6 Å². The second kappa shape index (κ2) is 7.50. The van der Waals surface area contributed by atoms with E-state index in [4.69, 9.17) is 9.26 Å². The lowest BCUT2D eigenvalue weighted by Crippen LogP contribution is -2.41. The van der Waals surface area contributed by atoms with Crippen LogP contribution in [0.4, 0.5) is 10.6 Å². The molecule has 0 aliphatic carbocycles. The van der Waals surface area contributed by atoms with Gasteiger partial charge in [0.15, 0.2) is 11.4 Å². The number of fused-ring (bicyclic) bond motifs is 2. The summed E-state index contributed by atoms with van der Waals surface area (Å²) in [4.78, 5) is 17.5. The summed E-state index contributed by atoms with van der Waals surface area (Å²) in [6.07, 6.45) is 0.572. The van der Waals surface area contributed by atoms with Crippen LogP contribution in [0.25, 0.3) is 21.4 Å². The topological polar surface area (TPSA) is 105 Å². The number of ether oxygens (including phenoxy) is 1. The molecule has 2 fully saturated rings. The summed E-state index contributed by atoms with van der Waals surface area (Å²) in [5, 5.41) is 6.95. The largest absolute Gasteiger partial charge is 0.495 e. The number of aromatic nitrogens is 1. The molecular weight excluding hydrogens is 440 g/mol. The summed E-state index contributed by atoms with van der Waals surface area (Å²) in [5.74, 6) is 1.25. The number of nitrogens with one attached hydrogen (secondary N) is 1. The zero-order chi connectivity index (χ0) is 21.8. The van der Waals surface area contributed by atoms with Gasteiger partial charge in [0.25, 0.3) is 0 Å². The number of urea groups is 1. The highest BCUT2D eigenvalue weighted by molar-refractivity contribution is 7.89. The molecule has 2 aromatic heterocycles. The van der Waals surface area contributed by atoms with Gasteiger partial charge in [0.1, 0.15) is 5.75 Å². The summed E-state index contributed by atoms with van der Waals surface area (Å²) in [5.41, 5.74) is 1.49. The molecule has 2 amide bonds. The molecule has 0 spiro atoms. The van der Waals surface area contributed by atoms with Crippen LogP contribution in [-0.2, 0) is 10.0 Å². The monoisotopic (exact) mass is 462 g/mol. The number of methoxy groups -OCH3 is 1. The lowest BCUT2D eigenvalue weighted by atomic mass is 10.1. The lowest BCUT2D eigenvalue weighted by Gasteiger charge is -2.18. The Labute approximate surface area is 183 Å². The summed E-state index contributed by atoms with van der Waals surface area (Å²) in [6, 6.07) is 7.06. The lowest BCUT2D eigenvalue weighted by molar-refractivity contribution is 0.218. The minimum Gasteiger partial charge on any atom is -0.495 e. The minimum absolute atomic E-state index is 0.0220. The number of carbonyl (C=O) groups excluding carboxylic acids is 1. The molecule has 31 heavy (non-hydrogen) atoms. The maximum Gasteiger partial charge on any atom is 0.326 e. The summed E-state index contributed by atoms with van der Waals surface area (Å²) in [7, 11) is -1.69. The average molecular weight is 463 g/mol. The summed E-state index contributed by atoms with van der Waals surface area (Å²) in [6.45, 7) is 2.38. The van der Waals surface area contributed by atoms with Gasteiger partial charge in [-0.2, -0.15) is 0 Å². The van der Waals surface area contributed by atoms with E-state index in [9.17, 15) is 13.2 Å². The number of benzene rings is 1. The van der Waals surface area contributed by atoms with Gasteiger partial charge in [-0.25, -0.2) is 17.9 Å². The zero-order valence-corrected chi connectivity index (χ0v) is 18.7. The molecule has 11 heteroatoms. The number of hydrogen-bond acceptors (Lipinski definition) is 7. The smallest absolute Gasteiger partial charge is 0.326 e. The van der Waals surface area contributed by atoms with Gasteiger partial charge in [0.2, 0.25) is 10.0 Å². The number of carbonyl (C=O) groups is 1. The average Bonchev–Trinajstić information content (AvgIpc) is 3.52. The highest BCUT2D eigenvalue weighted by Crippen LogP contribution is 2.43. The van der Waals surface area contributed by atoms with Crippen molar-refractivity contribution >= 4 is 44.2 Å². The molecule has 0 bridgehead atoms. The van der Waals surface area contributed by atoms with Gasteiger partial charge in [-0.3, -0.25) is 4.90 Å². The van der Waals surface area contributed by atoms with Gasteiger partial charge in [-0.1, -0.05) is 17.3 Å². The van der Waals surface area contributed by atoms with Crippen LogP contribution < -0.4 is 14.4 Å². The Bertz CT molecular complexity index is 1250. The number of rotatable bonds is 6. The van der Waals surface area contributed by atoms with Crippen LogP contribution in [-0.4, -0.2) is 62.5 Å². The third-order valence-corrected chi connectivity index (χ3v) is 8.22. The highest BCUT2D eigenvalue weighted by Gasteiger charge is 2.46. The Hall–Kier alpha value is -2.63. The SMILES string of the molecule is CCS(=O)(=O)N[C@H]1C[C@H]2CN(c3noc4cccc(-c5sccc5OC)c34)C(=O)N2C1. The molecule has 5 rings (SSSR count). The molecule has 9 nitrogen and oxygen atoms in total. The van der Waals surface area contributed by atoms with Crippen LogP contribution >= 0.6 is 11.3 Å². The van der Waals surface area contributed by atoms with Crippen molar-refractivity contribution in [1.82, 2.24) is 14.8 Å². The molecule has 1 aromatic carbocycles. The Kier molecular flexibility index (Phi) is 4.91. The first-order chi connectivity index (χ1) is 14.9. The van der Waals surface area contributed by atoms with Gasteiger partial charge >= 0.3 is 6.03 Å². The Morgan fingerprint density at radius 2 is 2.16 bits per heavy atom. The molecule has 2 saturated heterocycles. The maximum absolute atomic E-state index is 13.2. The first kappa shape index (κ1) is 20.3. The predicted molar refractivity (Wildman–Crippen MR) is 118 cm³/mol. The van der Waals surface area contributed by atoms with Crippen LogP contribution in [0.15, 0.2) is 34.2 Å². The second-order valence-electron chi connectivity index (χ2n) is 7.66. The number of nitrogens with zero attached hydrogens (tertiary/aromatic N) is 3. The fourth-order valence-electron chi connectivity index (χ4n) is 4.37. The van der Waals surface area contributed by atoms with E-state index >= 15 is 0 Å². The van der Waals surface area contributed by atoms with E-state index in [1.165, 1.54) is 0 Å². The number of hydrogen-bond donors (Lipinski definition) is 1. The molecule has 3 aromatic rings. The predicted octanol–water partition coefficient (Wildman–Crippen LogP) is 2.89. The molecule has 164 valence electrons. The third kappa shape index (κ3) is 3.36. The van der Waals surface area contributed by atoms with Crippen molar-refractivity contribution in [3.8, 4) is 16.2 Å². The van der Waals surface area contributed by atoms with Crippen molar-refractivity contribution in [1.29, 1.82) is 0 Å². The first-order valence-corrected chi connectivity index (χ1v) is 12.5. The van der Waals surface area contributed by atoms with Crippen molar-refractivity contribution in [3.05, 3.63) is 29.6 Å². The molecule has 2 atom stereocenters. The van der Waals surface area contributed by atoms with E-state index in [-0.39, 0.29) is 23.9 Å². The van der Waals surface area contributed by atoms with Gasteiger partial charge in [0, 0.05) is 24.7 Å². The second-order valence-corrected chi connectivity index (χ2v) is 10.6. The third-order valence-electron chi connectivity index (χ3n) is 5.84. The number of sulfonamides is 1. The molecule has 0 unspecified atom stereocenters. The van der Waals surface area contributed by atoms with Gasteiger partial charge in [0.05, 0.1) is 29.2 Å². The fraction of sp³-hybridized carbons (Fsp3) is 0.400. The maximum atomic E-state index is 13.2. The van der Waals surface area contributed by atoms with Crippen LogP contribution in [0.1, 0.15) is 13.3 Å². The van der Waals surface area contributed by atoms with Crippen molar-refractivity contribution in [3.63, 3.8) is 0 Å². The van der Waals surface area contributed by atoms with E-state index < -0.39 is 10.0 Å². The van der Waals surface area contributed by atoms with Crippen molar-refractivity contribution in [2.45, 2.75) is 25.4 Å². The molecule has 0 radical (unpaired) electrons. The van der Waals surface area contributed by atoms with Crippen LogP contribution in [0.2, 0.25) is 0 Å². The van der Waals surface area contributed by atoms with E-state index in [2.05, 4.69) is 9.88 Å². The minimum atomic E-state index is -3.31. The number of amides is 2. The van der Waals surface area contributed by atoms with Gasteiger partial charge in [-0.05, 0) is 30.9 Å². The molecular formula is C20H22N4O5S2. The molecule has 4 heterocycles. The normalized spacial score (nSPS) is 21.3. The van der Waals surface area contributed by atoms with Gasteiger partial charge in [-0.15, -0.1) is 11.3 Å². The Morgan fingerprint density at radius 3 is 2.90 bits per heavy atom. The first-order valence-electron chi connectivity index (χ1n) is 10.00. The molecule has 1 N–H and O–H groups in total. The standard InChI is InChI=1S/C20H22N4O5S2/c1-3-31(26,27)22-12-9-13-11-24(20(25)23(13)10-12)19-17-14(5-4-6-15(17)29-21-19)18-16(28-2)7-8-30-18/h4-8,12-13,22H,3,9-11H2,1-2H3/t12-,13-/m0/s1. The molecule has 2 aliphatic rings. The quantitative estimate of drug-likeness (QED) is 0.604. The molecule has 2 aliphatic heterocycles. The highest BCUT2D eigenvalue weighted by atomic mass is 32.2. The summed E-state index contributed by atoms with van der Waals surface area (Å²) < 4.78 is 37.5. The van der Waals surface area contributed by atoms with Crippen LogP contribution in [0, 0.1) is 0 Å². The number of thiophene rings is 1. The van der Waals surface area contributed by atoms with Crippen molar-refractivity contribution < 1.29 is 22.5 Å². The van der Waals surface area contributed by atoms with E-state index in [0.29, 0.717) is 30.9 Å². The van der Waals surface area contributed by atoms with E-state index in [1.54, 1.807) is 35.2 Å². The van der Waals surface area contributed by atoms with Crippen LogP contribution in [0.3, 0.4) is 0 Å². The zero-order valence-electron chi connectivity index (χ0n) is 17.1.